The molecule has 5 nitrogen and oxygen atoms in total. The van der Waals surface area contributed by atoms with E-state index in [4.69, 9.17) is 9.52 Å². The van der Waals surface area contributed by atoms with Gasteiger partial charge >= 0.3 is 0 Å². The number of hydrogen-bond donors (Lipinski definition) is 3. The van der Waals surface area contributed by atoms with Crippen molar-refractivity contribution in [1.29, 1.82) is 0 Å². The number of quaternary nitrogens is 1. The van der Waals surface area contributed by atoms with Crippen LogP contribution in [-0.2, 0) is 19.6 Å². The first-order valence-corrected chi connectivity index (χ1v) is 8.49. The summed E-state index contributed by atoms with van der Waals surface area (Å²) in [6, 6.07) is 11.7. The fourth-order valence-electron chi connectivity index (χ4n) is 3.43. The van der Waals surface area contributed by atoms with Crippen LogP contribution in [0.1, 0.15) is 29.9 Å². The smallest absolute Gasteiger partial charge is 0.227 e. The van der Waals surface area contributed by atoms with Crippen LogP contribution in [0.25, 0.3) is 0 Å². The molecule has 1 fully saturated rings. The Hall–Kier alpha value is -2.11. The summed E-state index contributed by atoms with van der Waals surface area (Å²) in [5.74, 6) is 0.834. The van der Waals surface area contributed by atoms with E-state index in [9.17, 15) is 9.90 Å². The predicted octanol–water partition coefficient (Wildman–Crippen LogP) is 0.875. The zero-order valence-corrected chi connectivity index (χ0v) is 13.7. The highest BCUT2D eigenvalue weighted by Crippen LogP contribution is 2.17. The first-order valence-electron chi connectivity index (χ1n) is 8.49. The van der Waals surface area contributed by atoms with Gasteiger partial charge in [-0.05, 0) is 30.7 Å². The second kappa shape index (κ2) is 7.64. The average Bonchev–Trinajstić information content (AvgIpc) is 2.61. The van der Waals surface area contributed by atoms with Crippen LogP contribution in [0.4, 0.5) is 0 Å². The standard InChI is InChI=1S/C19H23NO4/c21-13-16-11-17(22)19(23)18(24-16)12-20-8-6-15(7-9-20)10-14-4-2-1-3-5-14/h1-5,11,15,21,23H,6-10,12-13H2/p+1. The lowest BCUT2D eigenvalue weighted by molar-refractivity contribution is -0.920. The van der Waals surface area contributed by atoms with Crippen LogP contribution >= 0.6 is 0 Å². The lowest BCUT2D eigenvalue weighted by Gasteiger charge is -2.29. The summed E-state index contributed by atoms with van der Waals surface area (Å²) in [5.41, 5.74) is 0.893. The van der Waals surface area contributed by atoms with Crippen molar-refractivity contribution in [2.24, 2.45) is 5.92 Å². The minimum Gasteiger partial charge on any atom is -0.502 e. The molecule has 0 atom stereocenters. The summed E-state index contributed by atoms with van der Waals surface area (Å²) in [7, 11) is 0. The molecule has 1 aliphatic heterocycles. The number of aliphatic hydroxyl groups is 1. The quantitative estimate of drug-likeness (QED) is 0.761. The first kappa shape index (κ1) is 16.7. The molecule has 3 rings (SSSR count). The van der Waals surface area contributed by atoms with Crippen LogP contribution < -0.4 is 10.3 Å². The van der Waals surface area contributed by atoms with Gasteiger partial charge in [-0.3, -0.25) is 4.79 Å². The fourth-order valence-corrected chi connectivity index (χ4v) is 3.43. The molecule has 5 heteroatoms. The van der Waals surface area contributed by atoms with Crippen molar-refractivity contribution < 1.29 is 19.5 Å². The molecule has 0 aliphatic carbocycles. The summed E-state index contributed by atoms with van der Waals surface area (Å²) >= 11 is 0. The van der Waals surface area contributed by atoms with Crippen molar-refractivity contribution in [2.75, 3.05) is 13.1 Å². The topological polar surface area (TPSA) is 75.1 Å². The molecular weight excluding hydrogens is 306 g/mol. The van der Waals surface area contributed by atoms with Crippen molar-refractivity contribution in [3.63, 3.8) is 0 Å². The molecule has 2 heterocycles. The molecule has 0 unspecified atom stereocenters. The summed E-state index contributed by atoms with van der Waals surface area (Å²) in [5, 5.41) is 19.0. The van der Waals surface area contributed by atoms with E-state index in [0.29, 0.717) is 12.5 Å². The molecule has 0 amide bonds. The first-order chi connectivity index (χ1) is 11.7. The van der Waals surface area contributed by atoms with Gasteiger partial charge in [-0.15, -0.1) is 0 Å². The SMILES string of the molecule is O=c1cc(CO)oc(C[NH+]2CCC(Cc3ccccc3)CC2)c1O. The molecular formula is C19H24NO4+. The zero-order chi connectivity index (χ0) is 16.9. The average molecular weight is 330 g/mol. The monoisotopic (exact) mass is 330 g/mol. The molecule has 0 radical (unpaired) electrons. The zero-order valence-electron chi connectivity index (χ0n) is 13.7. The fraction of sp³-hybridized carbons (Fsp3) is 0.421. The number of hydrogen-bond acceptors (Lipinski definition) is 4. The van der Waals surface area contributed by atoms with Gasteiger partial charge in [-0.1, -0.05) is 30.3 Å². The number of aliphatic hydroxyl groups excluding tert-OH is 1. The Morgan fingerprint density at radius 1 is 1.17 bits per heavy atom. The van der Waals surface area contributed by atoms with E-state index in [1.165, 1.54) is 10.5 Å². The molecule has 0 saturated carbocycles. The Labute approximate surface area is 141 Å². The molecule has 2 aromatic rings. The third kappa shape index (κ3) is 4.04. The van der Waals surface area contributed by atoms with E-state index in [1.54, 1.807) is 0 Å². The van der Waals surface area contributed by atoms with Crippen molar-refractivity contribution in [3.8, 4) is 5.75 Å². The molecule has 1 aliphatic rings. The molecule has 0 spiro atoms. The van der Waals surface area contributed by atoms with E-state index in [-0.39, 0.29) is 23.9 Å². The molecule has 128 valence electrons. The predicted molar refractivity (Wildman–Crippen MR) is 89.8 cm³/mol. The van der Waals surface area contributed by atoms with Crippen LogP contribution in [0.15, 0.2) is 45.6 Å². The largest absolute Gasteiger partial charge is 0.502 e. The van der Waals surface area contributed by atoms with Crippen LogP contribution in [0.5, 0.6) is 5.75 Å². The molecule has 1 aromatic heterocycles. The van der Waals surface area contributed by atoms with Gasteiger partial charge in [-0.25, -0.2) is 0 Å². The van der Waals surface area contributed by atoms with Crippen molar-refractivity contribution in [2.45, 2.75) is 32.4 Å². The second-order valence-corrected chi connectivity index (χ2v) is 6.57. The summed E-state index contributed by atoms with van der Waals surface area (Å²) in [6.45, 7) is 2.12. The van der Waals surface area contributed by atoms with Gasteiger partial charge in [0.15, 0.2) is 0 Å². The Balaban J connectivity index is 1.58. The van der Waals surface area contributed by atoms with Crippen LogP contribution in [-0.4, -0.2) is 23.3 Å². The van der Waals surface area contributed by atoms with Gasteiger partial charge in [0.2, 0.25) is 16.9 Å². The summed E-state index contributed by atoms with van der Waals surface area (Å²) in [4.78, 5) is 13.0. The molecule has 1 saturated heterocycles. The number of likely N-dealkylation sites (tertiary alicyclic amines) is 1. The number of aromatic hydroxyl groups is 1. The van der Waals surface area contributed by atoms with Gasteiger partial charge in [0.1, 0.15) is 18.9 Å². The van der Waals surface area contributed by atoms with E-state index in [0.717, 1.165) is 38.4 Å². The Morgan fingerprint density at radius 3 is 2.54 bits per heavy atom. The summed E-state index contributed by atoms with van der Waals surface area (Å²) < 4.78 is 5.44. The lowest BCUT2D eigenvalue weighted by atomic mass is 9.90. The Kier molecular flexibility index (Phi) is 5.33. The van der Waals surface area contributed by atoms with Crippen molar-refractivity contribution >= 4 is 0 Å². The lowest BCUT2D eigenvalue weighted by Crippen LogP contribution is -3.11. The minimum atomic E-state index is -0.487. The van der Waals surface area contributed by atoms with Crippen LogP contribution in [0.3, 0.4) is 0 Å². The van der Waals surface area contributed by atoms with Gasteiger partial charge in [0.05, 0.1) is 13.1 Å². The van der Waals surface area contributed by atoms with E-state index < -0.39 is 5.43 Å². The van der Waals surface area contributed by atoms with Crippen molar-refractivity contribution in [1.82, 2.24) is 0 Å². The van der Waals surface area contributed by atoms with Gasteiger partial charge in [0.25, 0.3) is 0 Å². The third-order valence-corrected chi connectivity index (χ3v) is 4.79. The molecule has 24 heavy (non-hydrogen) atoms. The van der Waals surface area contributed by atoms with Gasteiger partial charge in [-0.2, -0.15) is 0 Å². The van der Waals surface area contributed by atoms with Crippen LogP contribution in [0, 0.1) is 5.92 Å². The highest BCUT2D eigenvalue weighted by molar-refractivity contribution is 5.24. The van der Waals surface area contributed by atoms with Crippen molar-refractivity contribution in [3.05, 3.63) is 63.7 Å². The van der Waals surface area contributed by atoms with Gasteiger partial charge in [0, 0.05) is 6.07 Å². The molecule has 0 bridgehead atoms. The normalized spacial score (nSPS) is 20.9. The number of benzene rings is 1. The number of nitrogens with one attached hydrogen (secondary N) is 1. The Bertz CT molecular complexity index is 718. The second-order valence-electron chi connectivity index (χ2n) is 6.57. The maximum atomic E-state index is 11.7. The molecule has 1 aromatic carbocycles. The highest BCUT2D eigenvalue weighted by Gasteiger charge is 2.25. The van der Waals surface area contributed by atoms with E-state index >= 15 is 0 Å². The number of piperidine rings is 1. The van der Waals surface area contributed by atoms with E-state index in [2.05, 4.69) is 24.3 Å². The third-order valence-electron chi connectivity index (χ3n) is 4.79. The highest BCUT2D eigenvalue weighted by atomic mass is 16.4. The van der Waals surface area contributed by atoms with E-state index in [1.807, 2.05) is 6.07 Å². The van der Waals surface area contributed by atoms with Crippen LogP contribution in [0.2, 0.25) is 0 Å². The maximum Gasteiger partial charge on any atom is 0.227 e. The Morgan fingerprint density at radius 2 is 1.88 bits per heavy atom. The number of rotatable bonds is 5. The summed E-state index contributed by atoms with van der Waals surface area (Å²) in [6.07, 6.45) is 3.35. The molecule has 3 N–H and O–H groups in total. The van der Waals surface area contributed by atoms with Gasteiger partial charge < -0.3 is 19.5 Å². The minimum absolute atomic E-state index is 0.200. The maximum absolute atomic E-state index is 11.7.